The van der Waals surface area contributed by atoms with Crippen LogP contribution >= 0.6 is 0 Å². The summed E-state index contributed by atoms with van der Waals surface area (Å²) in [6, 6.07) is 9.02. The zero-order chi connectivity index (χ0) is 14.8. The largest absolute Gasteiger partial charge is 0.481 e. The molecule has 0 saturated carbocycles. The Morgan fingerprint density at radius 1 is 1.33 bits per heavy atom. The molecule has 21 heavy (non-hydrogen) atoms. The Hall–Kier alpha value is -2.89. The van der Waals surface area contributed by atoms with Crippen molar-refractivity contribution in [3.63, 3.8) is 0 Å². The molecular formula is C15H14N4O2. The predicted molar refractivity (Wildman–Crippen MR) is 79.6 cm³/mol. The lowest BCUT2D eigenvalue weighted by Gasteiger charge is -2.03. The van der Waals surface area contributed by atoms with Gasteiger partial charge in [0.05, 0.1) is 18.1 Å². The summed E-state index contributed by atoms with van der Waals surface area (Å²) in [7, 11) is 1.51. The number of aromatic amines is 1. The number of pyridine rings is 1. The van der Waals surface area contributed by atoms with Crippen molar-refractivity contribution in [1.82, 2.24) is 15.0 Å². The van der Waals surface area contributed by atoms with Crippen molar-refractivity contribution < 1.29 is 9.53 Å². The SMILES string of the molecule is COc1cc(C(=O)Nc2nc3c(C)cccc3[nH]2)ccn1. The van der Waals surface area contributed by atoms with Gasteiger partial charge in [-0.1, -0.05) is 12.1 Å². The fourth-order valence-corrected chi connectivity index (χ4v) is 2.08. The summed E-state index contributed by atoms with van der Waals surface area (Å²) in [6.45, 7) is 1.97. The number of methoxy groups -OCH3 is 1. The number of hydrogen-bond donors (Lipinski definition) is 2. The average molecular weight is 282 g/mol. The van der Waals surface area contributed by atoms with Crippen molar-refractivity contribution in [3.8, 4) is 5.88 Å². The molecule has 0 unspecified atom stereocenters. The first-order chi connectivity index (χ1) is 10.2. The van der Waals surface area contributed by atoms with E-state index in [1.165, 1.54) is 13.3 Å². The van der Waals surface area contributed by atoms with Crippen molar-refractivity contribution in [2.75, 3.05) is 12.4 Å². The third kappa shape index (κ3) is 2.55. The number of benzene rings is 1. The summed E-state index contributed by atoms with van der Waals surface area (Å²) in [6.07, 6.45) is 1.52. The number of para-hydroxylation sites is 1. The molecule has 0 bridgehead atoms. The normalized spacial score (nSPS) is 10.6. The van der Waals surface area contributed by atoms with Crippen LogP contribution in [0.5, 0.6) is 5.88 Å². The number of carbonyl (C=O) groups is 1. The van der Waals surface area contributed by atoms with E-state index >= 15 is 0 Å². The number of nitrogens with zero attached hydrogens (tertiary/aromatic N) is 2. The number of hydrogen-bond acceptors (Lipinski definition) is 4. The molecule has 2 N–H and O–H groups in total. The Kier molecular flexibility index (Phi) is 3.27. The summed E-state index contributed by atoms with van der Waals surface area (Å²) < 4.78 is 5.00. The van der Waals surface area contributed by atoms with Gasteiger partial charge in [-0.2, -0.15) is 0 Å². The van der Waals surface area contributed by atoms with Crippen LogP contribution in [0.3, 0.4) is 0 Å². The van der Waals surface area contributed by atoms with Gasteiger partial charge in [0, 0.05) is 17.8 Å². The second kappa shape index (κ2) is 5.24. The van der Waals surface area contributed by atoms with Crippen LogP contribution in [0.1, 0.15) is 15.9 Å². The molecule has 0 aliphatic heterocycles. The fourth-order valence-electron chi connectivity index (χ4n) is 2.08. The molecule has 1 amide bonds. The predicted octanol–water partition coefficient (Wildman–Crippen LogP) is 2.53. The van der Waals surface area contributed by atoms with Crippen LogP contribution in [0, 0.1) is 6.92 Å². The van der Waals surface area contributed by atoms with Gasteiger partial charge in [0.1, 0.15) is 0 Å². The van der Waals surface area contributed by atoms with E-state index < -0.39 is 0 Å². The van der Waals surface area contributed by atoms with Gasteiger partial charge in [-0.3, -0.25) is 10.1 Å². The first-order valence-corrected chi connectivity index (χ1v) is 6.44. The van der Waals surface area contributed by atoms with Gasteiger partial charge in [-0.05, 0) is 24.6 Å². The smallest absolute Gasteiger partial charge is 0.258 e. The molecule has 3 rings (SSSR count). The minimum Gasteiger partial charge on any atom is -0.481 e. The van der Waals surface area contributed by atoms with Gasteiger partial charge in [-0.15, -0.1) is 0 Å². The fraction of sp³-hybridized carbons (Fsp3) is 0.133. The lowest BCUT2D eigenvalue weighted by molar-refractivity contribution is 0.102. The second-order valence-electron chi connectivity index (χ2n) is 4.60. The first-order valence-electron chi connectivity index (χ1n) is 6.44. The van der Waals surface area contributed by atoms with Gasteiger partial charge < -0.3 is 9.72 Å². The number of ether oxygens (including phenoxy) is 1. The molecule has 0 aliphatic rings. The van der Waals surface area contributed by atoms with Crippen LogP contribution in [0.4, 0.5) is 5.95 Å². The standard InChI is InChI=1S/C15H14N4O2/c1-9-4-3-5-11-13(9)18-15(17-11)19-14(20)10-6-7-16-12(8-10)21-2/h3-8H,1-2H3,(H2,17,18,19,20). The number of carbonyl (C=O) groups excluding carboxylic acids is 1. The van der Waals surface area contributed by atoms with Gasteiger partial charge in [0.25, 0.3) is 5.91 Å². The van der Waals surface area contributed by atoms with Crippen molar-refractivity contribution in [3.05, 3.63) is 47.7 Å². The van der Waals surface area contributed by atoms with E-state index in [1.54, 1.807) is 12.1 Å². The summed E-state index contributed by atoms with van der Waals surface area (Å²) in [5.74, 6) is 0.538. The van der Waals surface area contributed by atoms with Gasteiger partial charge >= 0.3 is 0 Å². The van der Waals surface area contributed by atoms with Crippen LogP contribution in [0.25, 0.3) is 11.0 Å². The molecule has 2 aromatic heterocycles. The maximum absolute atomic E-state index is 12.2. The van der Waals surface area contributed by atoms with Gasteiger partial charge in [0.2, 0.25) is 11.8 Å². The highest BCUT2D eigenvalue weighted by Gasteiger charge is 2.11. The van der Waals surface area contributed by atoms with E-state index in [0.717, 1.165) is 16.6 Å². The molecular weight excluding hydrogens is 268 g/mol. The molecule has 0 atom stereocenters. The lowest BCUT2D eigenvalue weighted by Crippen LogP contribution is -2.13. The molecule has 6 nitrogen and oxygen atoms in total. The Morgan fingerprint density at radius 2 is 2.19 bits per heavy atom. The minimum atomic E-state index is -0.271. The number of aromatic nitrogens is 3. The Labute approximate surface area is 121 Å². The van der Waals surface area contributed by atoms with E-state index in [9.17, 15) is 4.79 Å². The molecule has 0 saturated heterocycles. The van der Waals surface area contributed by atoms with Crippen LogP contribution in [0.15, 0.2) is 36.5 Å². The van der Waals surface area contributed by atoms with E-state index in [-0.39, 0.29) is 5.91 Å². The number of anilines is 1. The summed E-state index contributed by atoms with van der Waals surface area (Å²) >= 11 is 0. The van der Waals surface area contributed by atoms with Crippen LogP contribution in [-0.4, -0.2) is 28.0 Å². The number of nitrogens with one attached hydrogen (secondary N) is 2. The maximum Gasteiger partial charge on any atom is 0.258 e. The topological polar surface area (TPSA) is 79.9 Å². The quantitative estimate of drug-likeness (QED) is 0.773. The monoisotopic (exact) mass is 282 g/mol. The summed E-state index contributed by atoms with van der Waals surface area (Å²) in [5, 5.41) is 2.74. The Morgan fingerprint density at radius 3 is 2.95 bits per heavy atom. The van der Waals surface area contributed by atoms with E-state index in [4.69, 9.17) is 4.74 Å². The van der Waals surface area contributed by atoms with Gasteiger partial charge in [0.15, 0.2) is 0 Å². The Bertz CT molecular complexity index is 810. The van der Waals surface area contributed by atoms with Crippen molar-refractivity contribution >= 4 is 22.9 Å². The molecule has 6 heteroatoms. The zero-order valence-electron chi connectivity index (χ0n) is 11.7. The average Bonchev–Trinajstić information content (AvgIpc) is 2.91. The van der Waals surface area contributed by atoms with E-state index in [1.807, 2.05) is 25.1 Å². The molecule has 2 heterocycles. The van der Waals surface area contributed by atoms with E-state index in [0.29, 0.717) is 17.4 Å². The number of aryl methyl sites for hydroxylation is 1. The molecule has 3 aromatic rings. The van der Waals surface area contributed by atoms with Gasteiger partial charge in [-0.25, -0.2) is 9.97 Å². The van der Waals surface area contributed by atoms with Crippen molar-refractivity contribution in [2.24, 2.45) is 0 Å². The number of fused-ring (bicyclic) bond motifs is 1. The Balaban J connectivity index is 1.87. The number of rotatable bonds is 3. The van der Waals surface area contributed by atoms with Crippen LogP contribution in [-0.2, 0) is 0 Å². The number of H-pyrrole nitrogens is 1. The molecule has 1 aromatic carbocycles. The van der Waals surface area contributed by atoms with Crippen LogP contribution in [0.2, 0.25) is 0 Å². The molecule has 0 fully saturated rings. The summed E-state index contributed by atoms with van der Waals surface area (Å²) in [5.41, 5.74) is 3.24. The second-order valence-corrected chi connectivity index (χ2v) is 4.60. The third-order valence-corrected chi connectivity index (χ3v) is 3.15. The highest BCUT2D eigenvalue weighted by Crippen LogP contribution is 2.18. The highest BCUT2D eigenvalue weighted by atomic mass is 16.5. The summed E-state index contributed by atoms with van der Waals surface area (Å²) in [4.78, 5) is 23.6. The van der Waals surface area contributed by atoms with Crippen molar-refractivity contribution in [2.45, 2.75) is 6.92 Å². The number of imidazole rings is 1. The number of amides is 1. The van der Waals surface area contributed by atoms with E-state index in [2.05, 4.69) is 20.3 Å². The first kappa shape index (κ1) is 13.1. The highest BCUT2D eigenvalue weighted by molar-refractivity contribution is 6.04. The van der Waals surface area contributed by atoms with Crippen molar-refractivity contribution in [1.29, 1.82) is 0 Å². The molecule has 0 aliphatic carbocycles. The molecule has 0 spiro atoms. The molecule has 106 valence electrons. The van der Waals surface area contributed by atoms with Crippen LogP contribution < -0.4 is 10.1 Å². The zero-order valence-corrected chi connectivity index (χ0v) is 11.7. The lowest BCUT2D eigenvalue weighted by atomic mass is 10.2. The minimum absolute atomic E-state index is 0.271. The molecule has 0 radical (unpaired) electrons. The maximum atomic E-state index is 12.2. The third-order valence-electron chi connectivity index (χ3n) is 3.15.